The van der Waals surface area contributed by atoms with Gasteiger partial charge in [0.15, 0.2) is 0 Å². The summed E-state index contributed by atoms with van der Waals surface area (Å²) >= 11 is 0. The van der Waals surface area contributed by atoms with Crippen LogP contribution >= 0.6 is 0 Å². The molecule has 5 heteroatoms. The van der Waals surface area contributed by atoms with Crippen molar-refractivity contribution in [2.24, 2.45) is 5.73 Å². The second-order valence-electron chi connectivity index (χ2n) is 4.02. The number of benzene rings is 1. The van der Waals surface area contributed by atoms with E-state index >= 15 is 0 Å². The average molecular weight is 243 g/mol. The summed E-state index contributed by atoms with van der Waals surface area (Å²) in [5.41, 5.74) is 15.0. The number of aryl methyl sites for hydroxylation is 1. The van der Waals surface area contributed by atoms with Gasteiger partial charge >= 0.3 is 0 Å². The molecule has 2 rings (SSSR count). The van der Waals surface area contributed by atoms with Gasteiger partial charge in [0, 0.05) is 18.7 Å². The van der Waals surface area contributed by atoms with Gasteiger partial charge in [-0.2, -0.15) is 0 Å². The van der Waals surface area contributed by atoms with Crippen LogP contribution in [0.1, 0.15) is 5.56 Å². The predicted molar refractivity (Wildman–Crippen MR) is 74.2 cm³/mol. The fraction of sp³-hybridized carbons (Fsp3) is 0.231. The minimum atomic E-state index is 0.270. The number of nitrogens with one attached hydrogen (secondary N) is 1. The maximum Gasteiger partial charge on any atom is 0.220 e. The molecule has 0 radical (unpaired) electrons. The van der Waals surface area contributed by atoms with Crippen LogP contribution in [0.3, 0.4) is 0 Å². The molecule has 5 N–H and O–H groups in total. The molecule has 1 heterocycles. The number of rotatable bonds is 4. The zero-order valence-electron chi connectivity index (χ0n) is 10.4. The van der Waals surface area contributed by atoms with Crippen molar-refractivity contribution in [1.82, 2.24) is 9.97 Å². The van der Waals surface area contributed by atoms with Crippen molar-refractivity contribution in [2.75, 3.05) is 24.1 Å². The van der Waals surface area contributed by atoms with E-state index in [1.54, 1.807) is 6.20 Å². The van der Waals surface area contributed by atoms with Gasteiger partial charge in [-0.25, -0.2) is 9.97 Å². The summed E-state index contributed by atoms with van der Waals surface area (Å²) in [6.45, 7) is 3.27. The number of nitrogen functional groups attached to an aromatic ring is 1. The van der Waals surface area contributed by atoms with Crippen LogP contribution in [0.5, 0.6) is 0 Å². The van der Waals surface area contributed by atoms with E-state index in [4.69, 9.17) is 11.5 Å². The molecule has 0 atom stereocenters. The van der Waals surface area contributed by atoms with E-state index in [9.17, 15) is 0 Å². The monoisotopic (exact) mass is 243 g/mol. The lowest BCUT2D eigenvalue weighted by atomic mass is 10.0. The third-order valence-electron chi connectivity index (χ3n) is 2.67. The van der Waals surface area contributed by atoms with Crippen LogP contribution < -0.4 is 16.8 Å². The summed E-state index contributed by atoms with van der Waals surface area (Å²) in [5, 5.41) is 3.21. The molecule has 0 unspecified atom stereocenters. The topological polar surface area (TPSA) is 89.8 Å². The molecule has 18 heavy (non-hydrogen) atoms. The van der Waals surface area contributed by atoms with Crippen molar-refractivity contribution in [2.45, 2.75) is 6.92 Å². The van der Waals surface area contributed by atoms with Crippen molar-refractivity contribution >= 4 is 11.6 Å². The lowest BCUT2D eigenvalue weighted by Gasteiger charge is -2.12. The van der Waals surface area contributed by atoms with Crippen molar-refractivity contribution < 1.29 is 0 Å². The van der Waals surface area contributed by atoms with E-state index in [0.29, 0.717) is 13.1 Å². The third-order valence-corrected chi connectivity index (χ3v) is 2.67. The van der Waals surface area contributed by atoms with E-state index in [1.807, 2.05) is 31.2 Å². The Bertz CT molecular complexity index is 539. The van der Waals surface area contributed by atoms with Crippen molar-refractivity contribution in [3.8, 4) is 11.3 Å². The summed E-state index contributed by atoms with van der Waals surface area (Å²) in [4.78, 5) is 8.33. The van der Waals surface area contributed by atoms with Gasteiger partial charge in [-0.1, -0.05) is 24.3 Å². The van der Waals surface area contributed by atoms with E-state index in [-0.39, 0.29) is 5.95 Å². The number of nitrogens with two attached hydrogens (primary N) is 2. The smallest absolute Gasteiger partial charge is 0.220 e. The molecule has 1 aromatic heterocycles. The lowest BCUT2D eigenvalue weighted by Crippen LogP contribution is -2.14. The van der Waals surface area contributed by atoms with Gasteiger partial charge in [-0.15, -0.1) is 0 Å². The van der Waals surface area contributed by atoms with Crippen molar-refractivity contribution in [3.05, 3.63) is 36.0 Å². The van der Waals surface area contributed by atoms with Crippen LogP contribution in [0.25, 0.3) is 11.3 Å². The molecule has 5 nitrogen and oxygen atoms in total. The average Bonchev–Trinajstić information content (AvgIpc) is 2.38. The quantitative estimate of drug-likeness (QED) is 0.755. The standard InChI is InChI=1S/C13H17N5/c1-9-4-2-3-5-10(9)12-11(16-7-6-14)8-17-13(15)18-12/h2-5,8,16H,6-7,14H2,1H3,(H2,15,17,18). The molecular formula is C13H17N5. The summed E-state index contributed by atoms with van der Waals surface area (Å²) in [6, 6.07) is 8.04. The fourth-order valence-corrected chi connectivity index (χ4v) is 1.78. The maximum atomic E-state index is 5.67. The first-order chi connectivity index (χ1) is 8.72. The molecule has 0 amide bonds. The van der Waals surface area contributed by atoms with Crippen LogP contribution in [-0.4, -0.2) is 23.1 Å². The normalized spacial score (nSPS) is 10.3. The van der Waals surface area contributed by atoms with Crippen LogP contribution in [0, 0.1) is 6.92 Å². The van der Waals surface area contributed by atoms with Gasteiger partial charge in [-0.3, -0.25) is 0 Å². The molecule has 0 aliphatic rings. The second-order valence-corrected chi connectivity index (χ2v) is 4.02. The SMILES string of the molecule is Cc1ccccc1-c1nc(N)ncc1NCCN. The second kappa shape index (κ2) is 5.46. The van der Waals surface area contributed by atoms with Crippen LogP contribution in [0.2, 0.25) is 0 Å². The van der Waals surface area contributed by atoms with Gasteiger partial charge in [0.05, 0.1) is 17.6 Å². The van der Waals surface area contributed by atoms with Crippen molar-refractivity contribution in [1.29, 1.82) is 0 Å². The number of nitrogens with zero attached hydrogens (tertiary/aromatic N) is 2. The highest BCUT2D eigenvalue weighted by molar-refractivity contribution is 5.76. The Morgan fingerprint density at radius 3 is 2.78 bits per heavy atom. The van der Waals surface area contributed by atoms with E-state index < -0.39 is 0 Å². The van der Waals surface area contributed by atoms with E-state index in [2.05, 4.69) is 15.3 Å². The Balaban J connectivity index is 2.48. The van der Waals surface area contributed by atoms with Gasteiger partial charge in [-0.05, 0) is 12.5 Å². The molecule has 1 aromatic carbocycles. The number of hydrogen-bond acceptors (Lipinski definition) is 5. The van der Waals surface area contributed by atoms with Gasteiger partial charge in [0.2, 0.25) is 5.95 Å². The first-order valence-electron chi connectivity index (χ1n) is 5.85. The predicted octanol–water partition coefficient (Wildman–Crippen LogP) is 1.40. The minimum absolute atomic E-state index is 0.270. The van der Waals surface area contributed by atoms with Crippen LogP contribution in [0.15, 0.2) is 30.5 Å². The third kappa shape index (κ3) is 2.57. The van der Waals surface area contributed by atoms with E-state index in [1.165, 1.54) is 0 Å². The highest BCUT2D eigenvalue weighted by atomic mass is 15.0. The molecular weight excluding hydrogens is 226 g/mol. The molecule has 94 valence electrons. The molecule has 2 aromatic rings. The lowest BCUT2D eigenvalue weighted by molar-refractivity contribution is 1.02. The van der Waals surface area contributed by atoms with Crippen LogP contribution in [0.4, 0.5) is 11.6 Å². The Kier molecular flexibility index (Phi) is 3.74. The summed E-state index contributed by atoms with van der Waals surface area (Å²) in [7, 11) is 0. The Morgan fingerprint density at radius 1 is 1.28 bits per heavy atom. The highest BCUT2D eigenvalue weighted by Crippen LogP contribution is 2.28. The Labute approximate surface area is 106 Å². The van der Waals surface area contributed by atoms with Gasteiger partial charge in [0.25, 0.3) is 0 Å². The minimum Gasteiger partial charge on any atom is -0.381 e. The largest absolute Gasteiger partial charge is 0.381 e. The zero-order chi connectivity index (χ0) is 13.0. The Morgan fingerprint density at radius 2 is 2.06 bits per heavy atom. The number of hydrogen-bond donors (Lipinski definition) is 3. The maximum absolute atomic E-state index is 5.67. The van der Waals surface area contributed by atoms with Gasteiger partial charge in [0.1, 0.15) is 0 Å². The zero-order valence-corrected chi connectivity index (χ0v) is 10.4. The molecule has 0 fully saturated rings. The van der Waals surface area contributed by atoms with E-state index in [0.717, 1.165) is 22.5 Å². The first kappa shape index (κ1) is 12.3. The molecule has 0 saturated heterocycles. The number of anilines is 2. The molecule has 0 aliphatic carbocycles. The molecule has 0 aliphatic heterocycles. The molecule has 0 spiro atoms. The summed E-state index contributed by atoms with van der Waals surface area (Å²) < 4.78 is 0. The fourth-order valence-electron chi connectivity index (χ4n) is 1.78. The Hall–Kier alpha value is -2.14. The highest BCUT2D eigenvalue weighted by Gasteiger charge is 2.10. The summed E-state index contributed by atoms with van der Waals surface area (Å²) in [6.07, 6.45) is 1.69. The first-order valence-corrected chi connectivity index (χ1v) is 5.85. The van der Waals surface area contributed by atoms with Crippen molar-refractivity contribution in [3.63, 3.8) is 0 Å². The van der Waals surface area contributed by atoms with Gasteiger partial charge < -0.3 is 16.8 Å². The number of aromatic nitrogens is 2. The molecule has 0 saturated carbocycles. The van der Waals surface area contributed by atoms with Crippen LogP contribution in [-0.2, 0) is 0 Å². The summed E-state index contributed by atoms with van der Waals surface area (Å²) in [5.74, 6) is 0.270. The molecule has 0 bridgehead atoms.